The van der Waals surface area contributed by atoms with Crippen molar-refractivity contribution in [1.82, 2.24) is 9.97 Å². The van der Waals surface area contributed by atoms with Gasteiger partial charge in [0.1, 0.15) is 5.75 Å². The van der Waals surface area contributed by atoms with Crippen molar-refractivity contribution in [3.05, 3.63) is 94.4 Å². The zero-order chi connectivity index (χ0) is 25.1. The Kier molecular flexibility index (Phi) is 6.64. The largest absolute Gasteiger partial charge is 0.497 e. The number of ether oxygens (including phenoxy) is 2. The molecule has 4 aromatic rings. The number of aromatic nitrogens is 2. The molecule has 0 fully saturated rings. The molecule has 0 saturated heterocycles. The number of allylic oxidation sites excluding steroid dienone is 1. The highest BCUT2D eigenvalue weighted by Gasteiger charge is 2.28. The van der Waals surface area contributed by atoms with Crippen LogP contribution >= 0.6 is 11.6 Å². The lowest BCUT2D eigenvalue weighted by Gasteiger charge is -2.12. The molecule has 1 amide bonds. The van der Waals surface area contributed by atoms with Crippen molar-refractivity contribution >= 4 is 51.7 Å². The molecule has 8 heteroatoms. The number of fused-ring (bicyclic) bond motifs is 2. The number of nitrogens with zero attached hydrogens (tertiary/aromatic N) is 2. The summed E-state index contributed by atoms with van der Waals surface area (Å²) in [5.41, 5.74) is 5.15. The Labute approximate surface area is 212 Å². The lowest BCUT2D eigenvalue weighted by Crippen LogP contribution is -2.22. The molecule has 0 unspecified atom stereocenters. The fourth-order valence-corrected chi connectivity index (χ4v) is 4.45. The Morgan fingerprint density at radius 3 is 2.64 bits per heavy atom. The first-order valence-electron chi connectivity index (χ1n) is 11.4. The normalized spacial score (nSPS) is 13.4. The van der Waals surface area contributed by atoms with Crippen molar-refractivity contribution in [2.75, 3.05) is 19.0 Å². The number of carbonyl (C=O) groups is 2. The summed E-state index contributed by atoms with van der Waals surface area (Å²) in [7, 11) is 1.63. The molecule has 180 valence electrons. The maximum atomic E-state index is 13.3. The predicted octanol–water partition coefficient (Wildman–Crippen LogP) is 5.57. The molecule has 1 N–H and O–H groups in total. The summed E-state index contributed by atoms with van der Waals surface area (Å²) in [5, 5.41) is 3.46. The van der Waals surface area contributed by atoms with Crippen LogP contribution in [0.4, 0.5) is 5.69 Å². The first kappa shape index (κ1) is 23.5. The summed E-state index contributed by atoms with van der Waals surface area (Å²) in [4.78, 5) is 34.5. The quantitative estimate of drug-likeness (QED) is 0.275. The van der Waals surface area contributed by atoms with Gasteiger partial charge >= 0.3 is 5.97 Å². The van der Waals surface area contributed by atoms with Gasteiger partial charge in [-0.05, 0) is 65.9 Å². The fourth-order valence-electron chi connectivity index (χ4n) is 4.28. The molecule has 0 radical (unpaired) electrons. The molecule has 2 aromatic heterocycles. The van der Waals surface area contributed by atoms with Crippen LogP contribution in [0.25, 0.3) is 22.6 Å². The van der Waals surface area contributed by atoms with Gasteiger partial charge in [0, 0.05) is 11.6 Å². The number of methoxy groups -OCH3 is 1. The Morgan fingerprint density at radius 1 is 1.06 bits per heavy atom. The van der Waals surface area contributed by atoms with Gasteiger partial charge in [-0.1, -0.05) is 41.9 Å². The summed E-state index contributed by atoms with van der Waals surface area (Å²) >= 11 is 5.99. The second-order valence-electron chi connectivity index (χ2n) is 8.24. The van der Waals surface area contributed by atoms with Gasteiger partial charge in [0.2, 0.25) is 0 Å². The zero-order valence-corrected chi connectivity index (χ0v) is 20.2. The number of hydrogen-bond donors (Lipinski definition) is 1. The highest BCUT2D eigenvalue weighted by Crippen LogP contribution is 2.38. The van der Waals surface area contributed by atoms with Gasteiger partial charge in [-0.15, -0.1) is 0 Å². The highest BCUT2D eigenvalue weighted by atomic mass is 35.5. The van der Waals surface area contributed by atoms with Crippen LogP contribution < -0.4 is 10.1 Å². The van der Waals surface area contributed by atoms with Crippen LogP contribution in [0.1, 0.15) is 33.6 Å². The maximum Gasteiger partial charge on any atom is 0.339 e. The molecule has 36 heavy (non-hydrogen) atoms. The lowest BCUT2D eigenvalue weighted by atomic mass is 10.0. The van der Waals surface area contributed by atoms with Crippen molar-refractivity contribution < 1.29 is 19.1 Å². The minimum absolute atomic E-state index is 0.159. The summed E-state index contributed by atoms with van der Waals surface area (Å²) in [6, 6.07) is 18.5. The Hall–Kier alpha value is -4.23. The Balaban J connectivity index is 1.43. The van der Waals surface area contributed by atoms with E-state index in [0.29, 0.717) is 28.6 Å². The second-order valence-corrected chi connectivity index (χ2v) is 8.60. The van der Waals surface area contributed by atoms with Crippen molar-refractivity contribution in [2.45, 2.75) is 12.8 Å². The highest BCUT2D eigenvalue weighted by molar-refractivity contribution is 6.32. The van der Waals surface area contributed by atoms with Gasteiger partial charge in [0.15, 0.2) is 11.8 Å². The predicted molar refractivity (Wildman–Crippen MR) is 139 cm³/mol. The van der Waals surface area contributed by atoms with E-state index in [1.807, 2.05) is 48.5 Å². The molecule has 0 atom stereocenters. The van der Waals surface area contributed by atoms with Crippen LogP contribution in [0.5, 0.6) is 5.75 Å². The molecule has 7 nitrogen and oxygen atoms in total. The van der Waals surface area contributed by atoms with E-state index < -0.39 is 18.5 Å². The molecule has 2 heterocycles. The SMILES string of the molecule is COc1ccc(/C=C2\CCc3c2nc2ccccc2c3C(=O)OCC(=O)Nc2cccnc2Cl)cc1. The first-order chi connectivity index (χ1) is 17.5. The average Bonchev–Trinajstić information content (AvgIpc) is 3.29. The van der Waals surface area contributed by atoms with Crippen LogP contribution in [0.15, 0.2) is 66.9 Å². The lowest BCUT2D eigenvalue weighted by molar-refractivity contribution is -0.119. The molecular formula is C28H22ClN3O4. The number of para-hydroxylation sites is 1. The van der Waals surface area contributed by atoms with Crippen molar-refractivity contribution in [2.24, 2.45) is 0 Å². The fraction of sp³-hybridized carbons (Fsp3) is 0.143. The third-order valence-electron chi connectivity index (χ3n) is 5.97. The summed E-state index contributed by atoms with van der Waals surface area (Å²) < 4.78 is 10.7. The van der Waals surface area contributed by atoms with Gasteiger partial charge in [-0.25, -0.2) is 14.8 Å². The number of esters is 1. The smallest absolute Gasteiger partial charge is 0.339 e. The molecule has 0 spiro atoms. The first-order valence-corrected chi connectivity index (χ1v) is 11.8. The van der Waals surface area contributed by atoms with Crippen LogP contribution in [0.2, 0.25) is 5.15 Å². The van der Waals surface area contributed by atoms with Gasteiger partial charge in [0.05, 0.1) is 29.6 Å². The van der Waals surface area contributed by atoms with Crippen LogP contribution in [-0.4, -0.2) is 35.6 Å². The van der Waals surface area contributed by atoms with E-state index in [0.717, 1.165) is 34.6 Å². The van der Waals surface area contributed by atoms with E-state index in [9.17, 15) is 9.59 Å². The standard InChI is InChI=1S/C28H22ClN3O4/c1-35-19-11-8-17(9-12-19)15-18-10-13-21-25(20-5-2-3-6-22(20)32-26(18)21)28(34)36-16-24(33)31-23-7-4-14-30-27(23)29/h2-9,11-12,14-15H,10,13,16H2,1H3,(H,31,33)/b18-15+. The number of pyridine rings is 2. The van der Waals surface area contributed by atoms with Crippen LogP contribution in [0, 0.1) is 0 Å². The third kappa shape index (κ3) is 4.78. The van der Waals surface area contributed by atoms with Gasteiger partial charge in [0.25, 0.3) is 5.91 Å². The number of nitrogens with one attached hydrogen (secondary N) is 1. The number of halogens is 1. The zero-order valence-electron chi connectivity index (χ0n) is 19.5. The van der Waals surface area contributed by atoms with E-state index in [-0.39, 0.29) is 5.15 Å². The molecule has 0 saturated carbocycles. The van der Waals surface area contributed by atoms with E-state index in [1.54, 1.807) is 19.2 Å². The number of anilines is 1. The third-order valence-corrected chi connectivity index (χ3v) is 6.27. The average molecular weight is 500 g/mol. The van der Waals surface area contributed by atoms with Crippen LogP contribution in [0.3, 0.4) is 0 Å². The number of rotatable bonds is 6. The van der Waals surface area contributed by atoms with E-state index >= 15 is 0 Å². The number of hydrogen-bond acceptors (Lipinski definition) is 6. The number of benzene rings is 2. The van der Waals surface area contributed by atoms with Gasteiger partial charge < -0.3 is 14.8 Å². The molecule has 5 rings (SSSR count). The topological polar surface area (TPSA) is 90.4 Å². The van der Waals surface area contributed by atoms with E-state index in [2.05, 4.69) is 16.4 Å². The minimum Gasteiger partial charge on any atom is -0.497 e. The van der Waals surface area contributed by atoms with Crippen molar-refractivity contribution in [1.29, 1.82) is 0 Å². The van der Waals surface area contributed by atoms with Crippen molar-refractivity contribution in [3.8, 4) is 5.75 Å². The van der Waals surface area contributed by atoms with Crippen LogP contribution in [-0.2, 0) is 16.0 Å². The number of carbonyl (C=O) groups excluding carboxylic acids is 2. The molecule has 1 aliphatic rings. The van der Waals surface area contributed by atoms with Gasteiger partial charge in [-0.3, -0.25) is 4.79 Å². The van der Waals surface area contributed by atoms with E-state index in [4.69, 9.17) is 26.1 Å². The summed E-state index contributed by atoms with van der Waals surface area (Å²) in [6.07, 6.45) is 4.99. The maximum absolute atomic E-state index is 13.3. The summed E-state index contributed by atoms with van der Waals surface area (Å²) in [6.45, 7) is -0.454. The van der Waals surface area contributed by atoms with E-state index in [1.165, 1.54) is 6.20 Å². The molecular weight excluding hydrogens is 478 g/mol. The van der Waals surface area contributed by atoms with Crippen molar-refractivity contribution in [3.63, 3.8) is 0 Å². The second kappa shape index (κ2) is 10.2. The Bertz CT molecular complexity index is 1500. The molecule has 0 bridgehead atoms. The molecule has 1 aliphatic carbocycles. The molecule has 2 aromatic carbocycles. The molecule has 0 aliphatic heterocycles. The monoisotopic (exact) mass is 499 g/mol. The number of amides is 1. The minimum atomic E-state index is -0.567. The summed E-state index contributed by atoms with van der Waals surface area (Å²) in [5.74, 6) is -0.288. The Morgan fingerprint density at radius 2 is 1.86 bits per heavy atom. The van der Waals surface area contributed by atoms with Gasteiger partial charge in [-0.2, -0.15) is 0 Å².